The van der Waals surface area contributed by atoms with Crippen LogP contribution in [0.1, 0.15) is 16.7 Å². The molecule has 0 radical (unpaired) electrons. The standard InChI is InChI=1S/C45H31N/c1-3-9-31(10-4-1)33-21-25-40(26-22-33)46-43-14-8-7-13-42(43)45-41-27-23-38(30-39(41)24-28-44(45)46)35-16-15-34-17-19-36(29-37(34)20-18-35)32-11-5-2-6-12-32/h1-14,16-30H,15H2. The lowest BCUT2D eigenvalue weighted by molar-refractivity contribution is 1.18. The summed E-state index contributed by atoms with van der Waals surface area (Å²) in [5, 5.41) is 5.13. The van der Waals surface area contributed by atoms with E-state index in [0.29, 0.717) is 0 Å². The largest absolute Gasteiger partial charge is 0.309 e. The number of allylic oxidation sites excluding steroid dienone is 3. The zero-order valence-corrected chi connectivity index (χ0v) is 25.4. The number of fused-ring (bicyclic) bond motifs is 6. The Hall–Kier alpha value is -5.92. The van der Waals surface area contributed by atoms with Crippen molar-refractivity contribution >= 4 is 44.2 Å². The summed E-state index contributed by atoms with van der Waals surface area (Å²) in [4.78, 5) is 0. The normalized spacial score (nSPS) is 12.7. The summed E-state index contributed by atoms with van der Waals surface area (Å²) in [5.74, 6) is 0. The van der Waals surface area contributed by atoms with Gasteiger partial charge >= 0.3 is 0 Å². The van der Waals surface area contributed by atoms with Crippen LogP contribution in [0.4, 0.5) is 0 Å². The van der Waals surface area contributed by atoms with Gasteiger partial charge in [-0.25, -0.2) is 0 Å². The van der Waals surface area contributed by atoms with Gasteiger partial charge in [0.25, 0.3) is 0 Å². The molecule has 8 aromatic rings. The van der Waals surface area contributed by atoms with Crippen LogP contribution < -0.4 is 0 Å². The van der Waals surface area contributed by atoms with E-state index in [2.05, 4.69) is 181 Å². The van der Waals surface area contributed by atoms with E-state index >= 15 is 0 Å². The number of rotatable bonds is 4. The molecule has 0 atom stereocenters. The molecule has 1 aromatic heterocycles. The minimum absolute atomic E-state index is 0.917. The molecule has 0 spiro atoms. The molecule has 0 amide bonds. The Bertz CT molecular complexity index is 2460. The summed E-state index contributed by atoms with van der Waals surface area (Å²) in [6, 6.07) is 57.4. The molecule has 0 saturated carbocycles. The third-order valence-corrected chi connectivity index (χ3v) is 9.46. The quantitative estimate of drug-likeness (QED) is 0.194. The molecule has 1 heteroatoms. The van der Waals surface area contributed by atoms with Crippen molar-refractivity contribution in [3.05, 3.63) is 187 Å². The molecule has 1 heterocycles. The number of aromatic nitrogens is 1. The van der Waals surface area contributed by atoms with Gasteiger partial charge in [-0.2, -0.15) is 0 Å². The van der Waals surface area contributed by atoms with Crippen molar-refractivity contribution in [3.8, 4) is 27.9 Å². The fraction of sp³-hybridized carbons (Fsp3) is 0.0222. The van der Waals surface area contributed by atoms with Crippen molar-refractivity contribution in [2.45, 2.75) is 6.42 Å². The van der Waals surface area contributed by atoms with Gasteiger partial charge in [-0.3, -0.25) is 0 Å². The molecule has 0 fully saturated rings. The zero-order valence-electron chi connectivity index (χ0n) is 25.4. The van der Waals surface area contributed by atoms with Gasteiger partial charge in [0.05, 0.1) is 11.0 Å². The van der Waals surface area contributed by atoms with Crippen LogP contribution in [0, 0.1) is 0 Å². The summed E-state index contributed by atoms with van der Waals surface area (Å²) < 4.78 is 2.41. The minimum Gasteiger partial charge on any atom is -0.309 e. The second-order valence-corrected chi connectivity index (χ2v) is 12.1. The van der Waals surface area contributed by atoms with Crippen molar-refractivity contribution in [2.24, 2.45) is 0 Å². The Morgan fingerprint density at radius 2 is 1.11 bits per heavy atom. The van der Waals surface area contributed by atoms with Gasteiger partial charge in [0, 0.05) is 16.5 Å². The molecule has 216 valence electrons. The van der Waals surface area contributed by atoms with Gasteiger partial charge in [-0.05, 0) is 98.1 Å². The highest BCUT2D eigenvalue weighted by Crippen LogP contribution is 2.38. The Morgan fingerprint density at radius 1 is 0.435 bits per heavy atom. The second-order valence-electron chi connectivity index (χ2n) is 12.1. The van der Waals surface area contributed by atoms with E-state index in [-0.39, 0.29) is 0 Å². The Morgan fingerprint density at radius 3 is 1.91 bits per heavy atom. The van der Waals surface area contributed by atoms with Gasteiger partial charge in [0.2, 0.25) is 0 Å². The first-order valence-electron chi connectivity index (χ1n) is 16.0. The summed E-state index contributed by atoms with van der Waals surface area (Å²) in [5.41, 5.74) is 13.8. The fourth-order valence-electron chi connectivity index (χ4n) is 7.12. The zero-order chi connectivity index (χ0) is 30.5. The van der Waals surface area contributed by atoms with Crippen molar-refractivity contribution in [2.75, 3.05) is 0 Å². The van der Waals surface area contributed by atoms with Crippen LogP contribution in [0.2, 0.25) is 0 Å². The first kappa shape index (κ1) is 26.5. The first-order valence-corrected chi connectivity index (χ1v) is 16.0. The fourth-order valence-corrected chi connectivity index (χ4v) is 7.12. The van der Waals surface area contributed by atoms with Gasteiger partial charge in [-0.15, -0.1) is 0 Å². The Labute approximate surface area is 269 Å². The van der Waals surface area contributed by atoms with E-state index in [1.165, 1.54) is 82.8 Å². The summed E-state index contributed by atoms with van der Waals surface area (Å²) >= 11 is 0. The lowest BCUT2D eigenvalue weighted by atomic mass is 9.97. The topological polar surface area (TPSA) is 4.93 Å². The SMILES string of the molecule is C1=Cc2cc(-c3ccccc3)ccc2CC=C1c1ccc2c(ccc3c2c2ccccc2n3-c2ccc(-c3ccccc3)cc2)c1. The Balaban J connectivity index is 1.11. The summed E-state index contributed by atoms with van der Waals surface area (Å²) in [6.45, 7) is 0. The minimum atomic E-state index is 0.917. The smallest absolute Gasteiger partial charge is 0.0547 e. The van der Waals surface area contributed by atoms with E-state index in [1.54, 1.807) is 0 Å². The second kappa shape index (κ2) is 10.9. The van der Waals surface area contributed by atoms with Crippen LogP contribution in [-0.2, 0) is 6.42 Å². The van der Waals surface area contributed by atoms with Gasteiger partial charge < -0.3 is 4.57 Å². The maximum Gasteiger partial charge on any atom is 0.0547 e. The highest BCUT2D eigenvalue weighted by molar-refractivity contribution is 6.21. The predicted molar refractivity (Wildman–Crippen MR) is 196 cm³/mol. The highest BCUT2D eigenvalue weighted by atomic mass is 15.0. The molecule has 1 aliphatic carbocycles. The van der Waals surface area contributed by atoms with Crippen LogP contribution in [0.3, 0.4) is 0 Å². The van der Waals surface area contributed by atoms with E-state index in [4.69, 9.17) is 0 Å². The van der Waals surface area contributed by atoms with Crippen LogP contribution in [0.25, 0.3) is 72.2 Å². The maximum atomic E-state index is 2.41. The average Bonchev–Trinajstić information content (AvgIpc) is 3.32. The predicted octanol–water partition coefficient (Wildman–Crippen LogP) is 11.9. The highest BCUT2D eigenvalue weighted by Gasteiger charge is 2.16. The lowest BCUT2D eigenvalue weighted by Gasteiger charge is -2.10. The van der Waals surface area contributed by atoms with Crippen LogP contribution >= 0.6 is 0 Å². The molecule has 1 aliphatic rings. The van der Waals surface area contributed by atoms with E-state index in [0.717, 1.165) is 6.42 Å². The molecule has 0 aliphatic heterocycles. The van der Waals surface area contributed by atoms with Gasteiger partial charge in [-0.1, -0.05) is 140 Å². The Kier molecular flexibility index (Phi) is 6.28. The maximum absolute atomic E-state index is 2.41. The molecular formula is C45H31N. The number of benzene rings is 7. The lowest BCUT2D eigenvalue weighted by Crippen LogP contribution is -1.93. The van der Waals surface area contributed by atoms with Crippen molar-refractivity contribution < 1.29 is 0 Å². The van der Waals surface area contributed by atoms with Crippen LogP contribution in [0.5, 0.6) is 0 Å². The number of para-hydroxylation sites is 1. The van der Waals surface area contributed by atoms with Crippen molar-refractivity contribution in [1.82, 2.24) is 4.57 Å². The third kappa shape index (κ3) is 4.48. The number of nitrogens with zero attached hydrogens (tertiary/aromatic N) is 1. The van der Waals surface area contributed by atoms with Crippen LogP contribution in [-0.4, -0.2) is 4.57 Å². The van der Waals surface area contributed by atoms with Gasteiger partial charge in [0.15, 0.2) is 0 Å². The van der Waals surface area contributed by atoms with E-state index in [1.807, 2.05) is 0 Å². The molecule has 46 heavy (non-hydrogen) atoms. The number of hydrogen-bond donors (Lipinski definition) is 0. The summed E-state index contributed by atoms with van der Waals surface area (Å²) in [7, 11) is 0. The molecule has 9 rings (SSSR count). The molecule has 0 saturated heterocycles. The van der Waals surface area contributed by atoms with Gasteiger partial charge in [0.1, 0.15) is 0 Å². The average molecular weight is 586 g/mol. The molecule has 7 aromatic carbocycles. The van der Waals surface area contributed by atoms with E-state index < -0.39 is 0 Å². The number of hydrogen-bond acceptors (Lipinski definition) is 0. The monoisotopic (exact) mass is 585 g/mol. The van der Waals surface area contributed by atoms with Crippen LogP contribution in [0.15, 0.2) is 170 Å². The molecule has 0 bridgehead atoms. The molecular weight excluding hydrogens is 555 g/mol. The summed E-state index contributed by atoms with van der Waals surface area (Å²) in [6.07, 6.45) is 7.85. The third-order valence-electron chi connectivity index (χ3n) is 9.46. The molecule has 1 nitrogen and oxygen atoms in total. The molecule has 0 N–H and O–H groups in total. The first-order chi connectivity index (χ1) is 22.8. The molecule has 0 unspecified atom stereocenters. The van der Waals surface area contributed by atoms with Crippen molar-refractivity contribution in [3.63, 3.8) is 0 Å². The van der Waals surface area contributed by atoms with E-state index in [9.17, 15) is 0 Å². The van der Waals surface area contributed by atoms with Crippen molar-refractivity contribution in [1.29, 1.82) is 0 Å².